The smallest absolute Gasteiger partial charge is 0.222 e. The van der Waals surface area contributed by atoms with Crippen LogP contribution >= 0.6 is 0 Å². The summed E-state index contributed by atoms with van der Waals surface area (Å²) in [5.41, 5.74) is 8.07. The van der Waals surface area contributed by atoms with Crippen LogP contribution in [0.3, 0.4) is 0 Å². The van der Waals surface area contributed by atoms with E-state index in [9.17, 15) is 4.79 Å². The van der Waals surface area contributed by atoms with E-state index in [2.05, 4.69) is 51.4 Å². The highest BCUT2D eigenvalue weighted by Crippen LogP contribution is 2.32. The van der Waals surface area contributed by atoms with Gasteiger partial charge in [-0.2, -0.15) is 4.98 Å². The van der Waals surface area contributed by atoms with Crippen LogP contribution in [0, 0.1) is 0 Å². The first-order chi connectivity index (χ1) is 13.3. The minimum atomic E-state index is -0.361. The molecule has 0 saturated heterocycles. The predicted molar refractivity (Wildman–Crippen MR) is 113 cm³/mol. The summed E-state index contributed by atoms with van der Waals surface area (Å²) in [6.07, 6.45) is 7.28. The number of hydrogen-bond donors (Lipinski definition) is 3. The monoisotopic (exact) mass is 385 g/mol. The molecule has 2 aromatic heterocycles. The van der Waals surface area contributed by atoms with Crippen LogP contribution in [0.25, 0.3) is 11.0 Å². The van der Waals surface area contributed by atoms with Gasteiger partial charge in [-0.25, -0.2) is 9.97 Å². The van der Waals surface area contributed by atoms with Gasteiger partial charge in [0.1, 0.15) is 5.52 Å². The molecule has 1 amide bonds. The van der Waals surface area contributed by atoms with Crippen molar-refractivity contribution in [3.05, 3.63) is 12.3 Å². The van der Waals surface area contributed by atoms with E-state index in [0.717, 1.165) is 30.5 Å². The van der Waals surface area contributed by atoms with Gasteiger partial charge in [-0.15, -0.1) is 0 Å². The maximum atomic E-state index is 11.4. The van der Waals surface area contributed by atoms with Crippen LogP contribution in [0.1, 0.15) is 52.9 Å². The van der Waals surface area contributed by atoms with Crippen LogP contribution in [-0.2, 0) is 4.79 Å². The molecule has 0 radical (unpaired) electrons. The van der Waals surface area contributed by atoms with E-state index in [4.69, 9.17) is 5.73 Å². The number of nitrogens with one attached hydrogen (secondary N) is 2. The van der Waals surface area contributed by atoms with Crippen molar-refractivity contribution in [2.45, 2.75) is 64.5 Å². The molecular formula is C20H31N7O. The van der Waals surface area contributed by atoms with E-state index in [1.165, 1.54) is 19.8 Å². The summed E-state index contributed by atoms with van der Waals surface area (Å²) in [4.78, 5) is 27.1. The Balaban J connectivity index is 1.92. The van der Waals surface area contributed by atoms with Crippen molar-refractivity contribution in [2.75, 3.05) is 29.5 Å². The van der Waals surface area contributed by atoms with Crippen molar-refractivity contribution < 1.29 is 4.79 Å². The largest absolute Gasteiger partial charge is 0.370 e. The van der Waals surface area contributed by atoms with Gasteiger partial charge in [0, 0.05) is 26.6 Å². The maximum Gasteiger partial charge on any atom is 0.222 e. The average Bonchev–Trinajstić information content (AvgIpc) is 3.49. The predicted octanol–water partition coefficient (Wildman–Crippen LogP) is 2.70. The van der Waals surface area contributed by atoms with E-state index < -0.39 is 0 Å². The number of nitrogens with two attached hydrogens (primary N) is 1. The maximum absolute atomic E-state index is 11.4. The van der Waals surface area contributed by atoms with Gasteiger partial charge in [-0.3, -0.25) is 4.79 Å². The normalized spacial score (nSPS) is 15.9. The SMILES string of the molecule is CCCC[C@](C)(CNC(C)=O)Nc1nc(N)nc2cc(N(C)C3CC3)cnc12. The second kappa shape index (κ2) is 8.16. The van der Waals surface area contributed by atoms with Gasteiger partial charge in [0.2, 0.25) is 11.9 Å². The molecule has 1 aliphatic rings. The van der Waals surface area contributed by atoms with Gasteiger partial charge < -0.3 is 21.3 Å². The first-order valence-electron chi connectivity index (χ1n) is 10.00. The molecule has 1 atom stereocenters. The zero-order valence-electron chi connectivity index (χ0n) is 17.2. The number of nitrogen functional groups attached to an aromatic ring is 1. The van der Waals surface area contributed by atoms with E-state index in [0.29, 0.717) is 23.9 Å². The lowest BCUT2D eigenvalue weighted by Crippen LogP contribution is -2.46. The fourth-order valence-electron chi connectivity index (χ4n) is 3.35. The Labute approximate surface area is 166 Å². The highest BCUT2D eigenvalue weighted by Gasteiger charge is 2.28. The number of pyridine rings is 1. The Kier molecular flexibility index (Phi) is 5.86. The third kappa shape index (κ3) is 4.79. The third-order valence-electron chi connectivity index (χ3n) is 5.27. The third-order valence-corrected chi connectivity index (χ3v) is 5.27. The van der Waals surface area contributed by atoms with Crippen LogP contribution in [0.4, 0.5) is 17.5 Å². The first kappa shape index (κ1) is 20.1. The number of carbonyl (C=O) groups is 1. The molecule has 1 fully saturated rings. The Bertz CT molecular complexity index is 852. The number of carbonyl (C=O) groups excluding carboxylic acids is 1. The summed E-state index contributed by atoms with van der Waals surface area (Å²) in [5.74, 6) is 0.759. The average molecular weight is 386 g/mol. The first-order valence-corrected chi connectivity index (χ1v) is 10.00. The minimum Gasteiger partial charge on any atom is -0.370 e. The van der Waals surface area contributed by atoms with Crippen LogP contribution in [-0.4, -0.2) is 46.0 Å². The Morgan fingerprint density at radius 1 is 1.39 bits per heavy atom. The van der Waals surface area contributed by atoms with E-state index in [-0.39, 0.29) is 17.4 Å². The van der Waals surface area contributed by atoms with E-state index >= 15 is 0 Å². The zero-order chi connectivity index (χ0) is 20.3. The van der Waals surface area contributed by atoms with Gasteiger partial charge in [0.05, 0.1) is 22.9 Å². The number of hydrogen-bond acceptors (Lipinski definition) is 7. The number of fused-ring (bicyclic) bond motifs is 1. The molecule has 3 rings (SSSR count). The fourth-order valence-corrected chi connectivity index (χ4v) is 3.35. The number of nitrogens with zero attached hydrogens (tertiary/aromatic N) is 4. The molecule has 2 heterocycles. The van der Waals surface area contributed by atoms with Crippen LogP contribution in [0.5, 0.6) is 0 Å². The van der Waals surface area contributed by atoms with Gasteiger partial charge in [-0.05, 0) is 32.3 Å². The molecule has 0 aliphatic heterocycles. The van der Waals surface area contributed by atoms with Crippen molar-refractivity contribution in [1.29, 1.82) is 0 Å². The molecule has 0 unspecified atom stereocenters. The Hall–Kier alpha value is -2.64. The quantitative estimate of drug-likeness (QED) is 0.609. The number of rotatable bonds is 9. The lowest BCUT2D eigenvalue weighted by atomic mass is 9.94. The highest BCUT2D eigenvalue weighted by molar-refractivity contribution is 5.88. The molecule has 0 spiro atoms. The summed E-state index contributed by atoms with van der Waals surface area (Å²) in [6, 6.07) is 2.60. The molecule has 28 heavy (non-hydrogen) atoms. The van der Waals surface area contributed by atoms with Crippen molar-refractivity contribution >= 4 is 34.4 Å². The van der Waals surface area contributed by atoms with Crippen molar-refractivity contribution in [3.8, 4) is 0 Å². The number of unbranched alkanes of at least 4 members (excludes halogenated alkanes) is 1. The standard InChI is InChI=1S/C20H31N7O/c1-5-6-9-20(3,12-23-13(2)28)26-18-17-16(24-19(21)25-18)10-15(11-22-17)27(4)14-7-8-14/h10-11,14H,5-9,12H2,1-4H3,(H,23,28)(H3,21,24,25,26)/t20-/m1/s1. The van der Waals surface area contributed by atoms with Crippen molar-refractivity contribution in [2.24, 2.45) is 0 Å². The fraction of sp³-hybridized carbons (Fsp3) is 0.600. The van der Waals surface area contributed by atoms with E-state index in [1.807, 2.05) is 12.3 Å². The van der Waals surface area contributed by atoms with Crippen molar-refractivity contribution in [1.82, 2.24) is 20.3 Å². The summed E-state index contributed by atoms with van der Waals surface area (Å²) >= 11 is 0. The second-order valence-electron chi connectivity index (χ2n) is 8.03. The molecule has 4 N–H and O–H groups in total. The molecule has 0 bridgehead atoms. The van der Waals surface area contributed by atoms with Crippen LogP contribution < -0.4 is 21.3 Å². The highest BCUT2D eigenvalue weighted by atomic mass is 16.1. The summed E-state index contributed by atoms with van der Waals surface area (Å²) in [6.45, 7) is 6.25. The number of amides is 1. The number of aromatic nitrogens is 3. The topological polar surface area (TPSA) is 109 Å². The van der Waals surface area contributed by atoms with E-state index in [1.54, 1.807) is 0 Å². The number of anilines is 3. The molecule has 152 valence electrons. The molecule has 8 nitrogen and oxygen atoms in total. The van der Waals surface area contributed by atoms with Gasteiger partial charge in [0.25, 0.3) is 0 Å². The minimum absolute atomic E-state index is 0.0533. The zero-order valence-corrected chi connectivity index (χ0v) is 17.2. The molecule has 2 aromatic rings. The van der Waals surface area contributed by atoms with Crippen molar-refractivity contribution in [3.63, 3.8) is 0 Å². The Morgan fingerprint density at radius 2 is 2.14 bits per heavy atom. The van der Waals surface area contributed by atoms with Crippen LogP contribution in [0.15, 0.2) is 12.3 Å². The summed E-state index contributed by atoms with van der Waals surface area (Å²) < 4.78 is 0. The molecule has 1 saturated carbocycles. The van der Waals surface area contributed by atoms with Gasteiger partial charge >= 0.3 is 0 Å². The molecule has 0 aromatic carbocycles. The molecular weight excluding hydrogens is 354 g/mol. The van der Waals surface area contributed by atoms with Gasteiger partial charge in [-0.1, -0.05) is 19.8 Å². The second-order valence-corrected chi connectivity index (χ2v) is 8.03. The lowest BCUT2D eigenvalue weighted by Gasteiger charge is -2.32. The Morgan fingerprint density at radius 3 is 2.79 bits per heavy atom. The van der Waals surface area contributed by atoms with Crippen LogP contribution in [0.2, 0.25) is 0 Å². The summed E-state index contributed by atoms with van der Waals surface area (Å²) in [5, 5.41) is 6.41. The lowest BCUT2D eigenvalue weighted by molar-refractivity contribution is -0.119. The molecule has 1 aliphatic carbocycles. The molecule has 8 heteroatoms. The van der Waals surface area contributed by atoms with Gasteiger partial charge in [0.15, 0.2) is 5.82 Å². The summed E-state index contributed by atoms with van der Waals surface area (Å²) in [7, 11) is 2.08.